The van der Waals surface area contributed by atoms with Crippen LogP contribution in [0.4, 0.5) is 0 Å². The SMILES string of the molecule is CCCCCC/C=C/C1C=C(SC)C(=O)C1C(CCCCCC(=O)OC)SC. The minimum Gasteiger partial charge on any atom is -0.469 e. The number of ketones is 1. The van der Waals surface area contributed by atoms with E-state index in [1.165, 1.54) is 32.8 Å². The van der Waals surface area contributed by atoms with Gasteiger partial charge in [0.15, 0.2) is 5.78 Å². The van der Waals surface area contributed by atoms with E-state index in [2.05, 4.69) is 31.4 Å². The van der Waals surface area contributed by atoms with Gasteiger partial charge in [0.1, 0.15) is 0 Å². The van der Waals surface area contributed by atoms with Crippen molar-refractivity contribution in [1.29, 1.82) is 0 Å². The van der Waals surface area contributed by atoms with Crippen LogP contribution in [0, 0.1) is 11.8 Å². The van der Waals surface area contributed by atoms with Gasteiger partial charge in [0.25, 0.3) is 0 Å². The first-order valence-corrected chi connectivity index (χ1v) is 13.2. The fourth-order valence-electron chi connectivity index (χ4n) is 3.74. The average molecular weight is 427 g/mol. The van der Waals surface area contributed by atoms with Gasteiger partial charge in [-0.3, -0.25) is 9.59 Å². The molecule has 0 aromatic rings. The lowest BCUT2D eigenvalue weighted by Crippen LogP contribution is -2.27. The van der Waals surface area contributed by atoms with E-state index in [1.807, 2.05) is 18.0 Å². The highest BCUT2D eigenvalue weighted by Gasteiger charge is 2.39. The Morgan fingerprint density at radius 2 is 1.93 bits per heavy atom. The number of allylic oxidation sites excluding steroid dienone is 4. The average Bonchev–Trinajstić information content (AvgIpc) is 3.02. The lowest BCUT2D eigenvalue weighted by atomic mass is 9.88. The highest BCUT2D eigenvalue weighted by molar-refractivity contribution is 8.03. The second kappa shape index (κ2) is 15.2. The molecule has 3 atom stereocenters. The molecule has 0 spiro atoms. The summed E-state index contributed by atoms with van der Waals surface area (Å²) in [5.74, 6) is 0.478. The van der Waals surface area contributed by atoms with Crippen LogP contribution in [-0.2, 0) is 14.3 Å². The molecule has 3 nitrogen and oxygen atoms in total. The summed E-state index contributed by atoms with van der Waals surface area (Å²) in [5.41, 5.74) is 0. The van der Waals surface area contributed by atoms with Crippen LogP contribution in [0.2, 0.25) is 0 Å². The molecule has 0 heterocycles. The predicted octanol–water partition coefficient (Wildman–Crippen LogP) is 6.43. The third kappa shape index (κ3) is 8.77. The molecule has 160 valence electrons. The van der Waals surface area contributed by atoms with Crippen LogP contribution in [0.15, 0.2) is 23.1 Å². The van der Waals surface area contributed by atoms with Crippen molar-refractivity contribution in [2.45, 2.75) is 76.4 Å². The Labute approximate surface area is 180 Å². The number of esters is 1. The van der Waals surface area contributed by atoms with Gasteiger partial charge in [0.05, 0.1) is 7.11 Å². The van der Waals surface area contributed by atoms with Crippen molar-refractivity contribution in [2.24, 2.45) is 11.8 Å². The summed E-state index contributed by atoms with van der Waals surface area (Å²) in [6.07, 6.45) is 21.5. The molecule has 0 N–H and O–H groups in total. The van der Waals surface area contributed by atoms with Gasteiger partial charge in [-0.05, 0) is 38.2 Å². The molecule has 0 aromatic heterocycles. The summed E-state index contributed by atoms with van der Waals surface area (Å²) in [5, 5.41) is 0.335. The molecule has 0 fully saturated rings. The first-order valence-electron chi connectivity index (χ1n) is 10.6. The molecule has 3 unspecified atom stereocenters. The molecule has 0 bridgehead atoms. The fraction of sp³-hybridized carbons (Fsp3) is 0.739. The van der Waals surface area contributed by atoms with E-state index in [1.54, 1.807) is 11.8 Å². The van der Waals surface area contributed by atoms with Gasteiger partial charge in [-0.2, -0.15) is 11.8 Å². The van der Waals surface area contributed by atoms with Crippen molar-refractivity contribution >= 4 is 35.3 Å². The predicted molar refractivity (Wildman–Crippen MR) is 124 cm³/mol. The molecule has 1 aliphatic carbocycles. The lowest BCUT2D eigenvalue weighted by molar-refractivity contribution is -0.140. The van der Waals surface area contributed by atoms with Crippen molar-refractivity contribution in [3.05, 3.63) is 23.1 Å². The minimum atomic E-state index is -0.134. The molecule has 1 rings (SSSR count). The highest BCUT2D eigenvalue weighted by atomic mass is 32.2. The highest BCUT2D eigenvalue weighted by Crippen LogP contribution is 2.40. The summed E-state index contributed by atoms with van der Waals surface area (Å²) in [7, 11) is 1.44. The topological polar surface area (TPSA) is 43.4 Å². The van der Waals surface area contributed by atoms with E-state index in [9.17, 15) is 9.59 Å². The summed E-state index contributed by atoms with van der Waals surface area (Å²) < 4.78 is 4.70. The molecular formula is C23H38O3S2. The maximum Gasteiger partial charge on any atom is 0.305 e. The number of hydrogen-bond acceptors (Lipinski definition) is 5. The second-order valence-electron chi connectivity index (χ2n) is 7.43. The number of carbonyl (C=O) groups is 2. The number of rotatable bonds is 15. The minimum absolute atomic E-state index is 0.0601. The number of unbranched alkanes of at least 4 members (excludes halogenated alkanes) is 6. The van der Waals surface area contributed by atoms with Gasteiger partial charge in [-0.1, -0.05) is 57.3 Å². The molecule has 0 amide bonds. The molecular weight excluding hydrogens is 388 g/mol. The first-order chi connectivity index (χ1) is 13.6. The number of ether oxygens (including phenoxy) is 1. The van der Waals surface area contributed by atoms with E-state index in [0.29, 0.717) is 17.5 Å². The monoisotopic (exact) mass is 426 g/mol. The Morgan fingerprint density at radius 1 is 1.18 bits per heavy atom. The molecule has 0 aliphatic heterocycles. The van der Waals surface area contributed by atoms with Crippen molar-refractivity contribution in [3.8, 4) is 0 Å². The number of Topliss-reactive ketones (excluding diaryl/α,β-unsaturated/α-hetero) is 1. The van der Waals surface area contributed by atoms with Crippen LogP contribution >= 0.6 is 23.5 Å². The maximum atomic E-state index is 12.9. The summed E-state index contributed by atoms with van der Waals surface area (Å²) in [6, 6.07) is 0. The van der Waals surface area contributed by atoms with Crippen LogP contribution in [-0.4, -0.2) is 36.6 Å². The fourth-order valence-corrected chi connectivity index (χ4v) is 5.37. The number of methoxy groups -OCH3 is 1. The Balaban J connectivity index is 2.58. The van der Waals surface area contributed by atoms with Gasteiger partial charge >= 0.3 is 5.97 Å². The maximum absolute atomic E-state index is 12.9. The standard InChI is InChI=1S/C23H38O3S2/c1-5-6-7-8-9-11-14-18-17-20(28-4)23(25)22(18)19(27-3)15-12-10-13-16-21(24)26-2/h11,14,17-19,22H,5-10,12-13,15-16H2,1-4H3/b14-11+. The van der Waals surface area contributed by atoms with Crippen LogP contribution in [0.5, 0.6) is 0 Å². The van der Waals surface area contributed by atoms with E-state index < -0.39 is 0 Å². The van der Waals surface area contributed by atoms with Crippen molar-refractivity contribution in [2.75, 3.05) is 19.6 Å². The van der Waals surface area contributed by atoms with Crippen LogP contribution in [0.1, 0.15) is 71.1 Å². The zero-order valence-corrected chi connectivity index (χ0v) is 19.7. The third-order valence-electron chi connectivity index (χ3n) is 5.41. The number of hydrogen-bond donors (Lipinski definition) is 0. The molecule has 0 radical (unpaired) electrons. The van der Waals surface area contributed by atoms with Crippen LogP contribution in [0.3, 0.4) is 0 Å². The van der Waals surface area contributed by atoms with E-state index in [-0.39, 0.29) is 17.8 Å². The van der Waals surface area contributed by atoms with E-state index >= 15 is 0 Å². The van der Waals surface area contributed by atoms with Gasteiger partial charge < -0.3 is 4.74 Å². The zero-order valence-electron chi connectivity index (χ0n) is 18.1. The number of thioether (sulfide) groups is 2. The zero-order chi connectivity index (χ0) is 20.8. The Hall–Kier alpha value is -0.680. The van der Waals surface area contributed by atoms with Gasteiger partial charge in [-0.15, -0.1) is 11.8 Å². The smallest absolute Gasteiger partial charge is 0.305 e. The Morgan fingerprint density at radius 3 is 2.57 bits per heavy atom. The quantitative estimate of drug-likeness (QED) is 0.171. The summed E-state index contributed by atoms with van der Waals surface area (Å²) in [4.78, 5) is 25.1. The van der Waals surface area contributed by atoms with Crippen molar-refractivity contribution in [3.63, 3.8) is 0 Å². The van der Waals surface area contributed by atoms with Gasteiger partial charge in [0, 0.05) is 28.4 Å². The Bertz CT molecular complexity index is 528. The van der Waals surface area contributed by atoms with Crippen LogP contribution in [0.25, 0.3) is 0 Å². The van der Waals surface area contributed by atoms with Crippen molar-refractivity contribution < 1.29 is 14.3 Å². The van der Waals surface area contributed by atoms with Crippen molar-refractivity contribution in [1.82, 2.24) is 0 Å². The summed E-state index contributed by atoms with van der Waals surface area (Å²) >= 11 is 3.40. The largest absolute Gasteiger partial charge is 0.469 e. The normalized spacial score (nSPS) is 20.6. The first kappa shape index (κ1) is 25.4. The third-order valence-corrected chi connectivity index (χ3v) is 7.32. The van der Waals surface area contributed by atoms with Gasteiger partial charge in [-0.25, -0.2) is 0 Å². The van der Waals surface area contributed by atoms with E-state index in [0.717, 1.165) is 37.0 Å². The molecule has 5 heteroatoms. The van der Waals surface area contributed by atoms with E-state index in [4.69, 9.17) is 4.74 Å². The molecule has 0 saturated heterocycles. The molecule has 0 aromatic carbocycles. The summed E-state index contributed by atoms with van der Waals surface area (Å²) in [6.45, 7) is 2.23. The lowest BCUT2D eigenvalue weighted by Gasteiger charge is -2.25. The Kier molecular flexibility index (Phi) is 13.8. The number of carbonyl (C=O) groups excluding carboxylic acids is 2. The van der Waals surface area contributed by atoms with Gasteiger partial charge in [0.2, 0.25) is 0 Å². The molecule has 1 aliphatic rings. The van der Waals surface area contributed by atoms with Crippen LogP contribution < -0.4 is 0 Å². The molecule has 0 saturated carbocycles. The molecule has 28 heavy (non-hydrogen) atoms. The second-order valence-corrected chi connectivity index (χ2v) is 9.35.